The van der Waals surface area contributed by atoms with E-state index in [9.17, 15) is 0 Å². The quantitative estimate of drug-likeness (QED) is 0.300. The van der Waals surface area contributed by atoms with Gasteiger partial charge in [-0.3, -0.25) is 0 Å². The molecular formula is C11H24BrClOSi. The van der Waals surface area contributed by atoms with Crippen molar-refractivity contribution in [3.05, 3.63) is 0 Å². The number of unbranched alkanes of at least 4 members (excludes halogenated alkanes) is 5. The topological polar surface area (TPSA) is 9.23 Å². The molecule has 0 N–H and O–H groups in total. The Hall–Kier alpha value is 0.947. The van der Waals surface area contributed by atoms with Crippen molar-refractivity contribution in [1.29, 1.82) is 0 Å². The third-order valence-corrected chi connectivity index (χ3v) is 6.67. The minimum Gasteiger partial charge on any atom is -0.395 e. The highest BCUT2D eigenvalue weighted by atomic mass is 79.9. The Kier molecular flexibility index (Phi) is 10.8. The van der Waals surface area contributed by atoms with E-state index in [2.05, 4.69) is 29.1 Å². The molecule has 1 nitrogen and oxygen atoms in total. The SMILES string of the molecule is CCCCCCCC[Si](Cl)(Br)OCCC. The van der Waals surface area contributed by atoms with Crippen LogP contribution in [0, 0.1) is 0 Å². The van der Waals surface area contributed by atoms with Gasteiger partial charge < -0.3 is 4.43 Å². The van der Waals surface area contributed by atoms with Gasteiger partial charge in [0.25, 0.3) is 0 Å². The van der Waals surface area contributed by atoms with E-state index in [0.29, 0.717) is 0 Å². The Bertz CT molecular complexity index is 145. The van der Waals surface area contributed by atoms with Gasteiger partial charge in [-0.25, -0.2) is 0 Å². The summed E-state index contributed by atoms with van der Waals surface area (Å²) < 4.78 is 5.63. The third-order valence-electron chi connectivity index (χ3n) is 2.34. The summed E-state index contributed by atoms with van der Waals surface area (Å²) in [6.07, 6.45) is 6.92. The highest BCUT2D eigenvalue weighted by Gasteiger charge is 2.28. The normalized spacial score (nSPS) is 15.2. The molecule has 0 bridgehead atoms. The summed E-state index contributed by atoms with van der Waals surface area (Å²) in [6.45, 7) is 5.14. The fraction of sp³-hybridized carbons (Fsp3) is 1.00. The maximum atomic E-state index is 6.29. The molecule has 0 aromatic carbocycles. The molecule has 0 rings (SSSR count). The molecule has 0 aliphatic carbocycles. The monoisotopic (exact) mass is 314 g/mol. The van der Waals surface area contributed by atoms with Gasteiger partial charge in [-0.05, 0) is 12.5 Å². The number of hydrogen-bond donors (Lipinski definition) is 0. The zero-order valence-electron chi connectivity index (χ0n) is 10.0. The highest BCUT2D eigenvalue weighted by molar-refractivity contribution is 9.27. The van der Waals surface area contributed by atoms with Crippen LogP contribution < -0.4 is 0 Å². The average Bonchev–Trinajstić information content (AvgIpc) is 2.20. The Morgan fingerprint density at radius 3 is 2.20 bits per heavy atom. The zero-order valence-corrected chi connectivity index (χ0v) is 13.4. The van der Waals surface area contributed by atoms with Crippen molar-refractivity contribution in [2.45, 2.75) is 64.8 Å². The van der Waals surface area contributed by atoms with Crippen LogP contribution in [0.2, 0.25) is 6.04 Å². The third kappa shape index (κ3) is 11.2. The van der Waals surface area contributed by atoms with Gasteiger partial charge in [0.15, 0.2) is 0 Å². The summed E-state index contributed by atoms with van der Waals surface area (Å²) >= 11 is 9.84. The van der Waals surface area contributed by atoms with Crippen LogP contribution in [0.15, 0.2) is 0 Å². The lowest BCUT2D eigenvalue weighted by Gasteiger charge is -2.17. The molecule has 0 aromatic rings. The highest BCUT2D eigenvalue weighted by Crippen LogP contribution is 2.27. The molecule has 92 valence electrons. The van der Waals surface area contributed by atoms with Crippen molar-refractivity contribution >= 4 is 32.6 Å². The smallest absolute Gasteiger partial charge is 0.362 e. The maximum Gasteiger partial charge on any atom is 0.362 e. The van der Waals surface area contributed by atoms with E-state index in [1.165, 1.54) is 38.5 Å². The Labute approximate surface area is 108 Å². The Morgan fingerprint density at radius 1 is 1.00 bits per heavy atom. The van der Waals surface area contributed by atoms with Crippen LogP contribution in [0.5, 0.6) is 0 Å². The molecule has 0 spiro atoms. The predicted octanol–water partition coefficient (Wildman–Crippen LogP) is 5.35. The summed E-state index contributed by atoms with van der Waals surface area (Å²) in [5, 5.41) is 0. The number of rotatable bonds is 10. The number of hydrogen-bond acceptors (Lipinski definition) is 1. The number of halogens is 2. The van der Waals surface area contributed by atoms with Gasteiger partial charge in [-0.1, -0.05) is 67.7 Å². The summed E-state index contributed by atoms with van der Waals surface area (Å²) in [4.78, 5) is 0. The van der Waals surface area contributed by atoms with Crippen molar-refractivity contribution in [3.63, 3.8) is 0 Å². The van der Waals surface area contributed by atoms with Gasteiger partial charge in [0, 0.05) is 6.61 Å². The van der Waals surface area contributed by atoms with Crippen molar-refractivity contribution in [2.24, 2.45) is 0 Å². The summed E-state index contributed by atoms with van der Waals surface area (Å²) in [5.41, 5.74) is 0. The van der Waals surface area contributed by atoms with Crippen LogP contribution in [0.1, 0.15) is 58.8 Å². The van der Waals surface area contributed by atoms with Crippen molar-refractivity contribution < 1.29 is 4.43 Å². The lowest BCUT2D eigenvalue weighted by atomic mass is 10.1. The van der Waals surface area contributed by atoms with E-state index in [1.54, 1.807) is 0 Å². The van der Waals surface area contributed by atoms with Crippen molar-refractivity contribution in [1.82, 2.24) is 0 Å². The molecule has 0 fully saturated rings. The predicted molar refractivity (Wildman–Crippen MR) is 75.0 cm³/mol. The second kappa shape index (κ2) is 10.1. The standard InChI is InChI=1S/C11H24BrClOSi/c1-3-5-6-7-8-9-11-15(12,13)14-10-4-2/h3-11H2,1-2H3. The Morgan fingerprint density at radius 2 is 1.60 bits per heavy atom. The lowest BCUT2D eigenvalue weighted by molar-refractivity contribution is 0.325. The van der Waals surface area contributed by atoms with Crippen LogP contribution in [-0.4, -0.2) is 12.9 Å². The van der Waals surface area contributed by atoms with E-state index < -0.39 is 6.25 Å². The van der Waals surface area contributed by atoms with E-state index in [-0.39, 0.29) is 0 Å². The molecular weight excluding hydrogens is 292 g/mol. The molecule has 0 heterocycles. The minimum absolute atomic E-state index is 0.788. The molecule has 1 unspecified atom stereocenters. The fourth-order valence-electron chi connectivity index (χ4n) is 1.43. The van der Waals surface area contributed by atoms with E-state index >= 15 is 0 Å². The average molecular weight is 316 g/mol. The largest absolute Gasteiger partial charge is 0.395 e. The summed E-state index contributed by atoms with van der Waals surface area (Å²) in [7, 11) is 0. The first-order valence-electron chi connectivity index (χ1n) is 6.14. The van der Waals surface area contributed by atoms with Gasteiger partial charge in [-0.15, -0.1) is 11.1 Å². The van der Waals surface area contributed by atoms with Gasteiger partial charge in [0.2, 0.25) is 0 Å². The summed E-state index contributed by atoms with van der Waals surface area (Å²) in [6, 6.07) is 1.03. The van der Waals surface area contributed by atoms with Crippen molar-refractivity contribution in [3.8, 4) is 0 Å². The van der Waals surface area contributed by atoms with E-state index in [0.717, 1.165) is 19.1 Å². The lowest BCUT2D eigenvalue weighted by Crippen LogP contribution is -2.23. The molecule has 4 heteroatoms. The molecule has 1 atom stereocenters. The van der Waals surface area contributed by atoms with Crippen LogP contribution in [0.25, 0.3) is 0 Å². The van der Waals surface area contributed by atoms with Crippen LogP contribution in [0.4, 0.5) is 0 Å². The minimum atomic E-state index is -2.01. The molecule has 0 amide bonds. The van der Waals surface area contributed by atoms with Crippen LogP contribution in [0.3, 0.4) is 0 Å². The molecule has 15 heavy (non-hydrogen) atoms. The Balaban J connectivity index is 3.32. The molecule has 0 aliphatic heterocycles. The summed E-state index contributed by atoms with van der Waals surface area (Å²) in [5.74, 6) is 0. The van der Waals surface area contributed by atoms with E-state index in [4.69, 9.17) is 15.5 Å². The second-order valence-electron chi connectivity index (χ2n) is 4.00. The van der Waals surface area contributed by atoms with Gasteiger partial charge in [0.1, 0.15) is 0 Å². The zero-order chi connectivity index (χ0) is 11.6. The van der Waals surface area contributed by atoms with Gasteiger partial charge in [-0.2, -0.15) is 0 Å². The van der Waals surface area contributed by atoms with Gasteiger partial charge in [0.05, 0.1) is 0 Å². The first kappa shape index (κ1) is 15.9. The van der Waals surface area contributed by atoms with Crippen molar-refractivity contribution in [2.75, 3.05) is 6.61 Å². The second-order valence-corrected chi connectivity index (χ2v) is 13.1. The molecule has 0 aromatic heterocycles. The first-order valence-corrected chi connectivity index (χ1v) is 11.5. The molecule has 0 radical (unpaired) electrons. The van der Waals surface area contributed by atoms with Crippen LogP contribution in [-0.2, 0) is 4.43 Å². The fourth-order valence-corrected chi connectivity index (χ4v) is 4.70. The van der Waals surface area contributed by atoms with Crippen LogP contribution >= 0.6 is 26.4 Å². The van der Waals surface area contributed by atoms with E-state index in [1.807, 2.05) is 0 Å². The maximum absolute atomic E-state index is 6.29. The first-order chi connectivity index (χ1) is 7.12. The molecule has 0 saturated carbocycles. The molecule has 0 aliphatic rings. The molecule has 0 saturated heterocycles. The van der Waals surface area contributed by atoms with Gasteiger partial charge >= 0.3 is 6.25 Å².